The minimum absolute atomic E-state index is 0.116. The van der Waals surface area contributed by atoms with Crippen LogP contribution < -0.4 is 0 Å². The van der Waals surface area contributed by atoms with E-state index in [1.165, 1.54) is 25.9 Å². The van der Waals surface area contributed by atoms with E-state index in [-0.39, 0.29) is 12.1 Å². The fourth-order valence-electron chi connectivity index (χ4n) is 3.26. The molecule has 0 saturated carbocycles. The standard InChI is InChI=1S/C15H20NO2/c1-16-9-7-12(8-10-16)14(11-16)18-15(17)13-5-3-2-4-6-13/h2-6,12,14H,7-11H2,1H3/q+1. The number of quaternary nitrogens is 1. The van der Waals surface area contributed by atoms with Gasteiger partial charge in [-0.05, 0) is 12.1 Å². The Morgan fingerprint density at radius 3 is 2.50 bits per heavy atom. The van der Waals surface area contributed by atoms with Gasteiger partial charge >= 0.3 is 5.97 Å². The summed E-state index contributed by atoms with van der Waals surface area (Å²) >= 11 is 0. The number of nitrogens with zero attached hydrogens (tertiary/aromatic N) is 1. The second-order valence-corrected chi connectivity index (χ2v) is 5.90. The number of benzene rings is 1. The molecular weight excluding hydrogens is 226 g/mol. The van der Waals surface area contributed by atoms with Crippen molar-refractivity contribution >= 4 is 5.97 Å². The third-order valence-corrected chi connectivity index (χ3v) is 4.49. The van der Waals surface area contributed by atoms with E-state index in [0.29, 0.717) is 11.5 Å². The molecule has 3 heterocycles. The summed E-state index contributed by atoms with van der Waals surface area (Å²) in [6.45, 7) is 3.47. The van der Waals surface area contributed by atoms with E-state index in [1.54, 1.807) is 0 Å². The maximum atomic E-state index is 12.1. The Morgan fingerprint density at radius 2 is 1.89 bits per heavy atom. The molecule has 0 aliphatic carbocycles. The molecule has 3 aliphatic rings. The molecule has 0 aromatic heterocycles. The molecule has 1 aromatic rings. The first-order valence-corrected chi connectivity index (χ1v) is 6.76. The number of hydrogen-bond acceptors (Lipinski definition) is 2. The summed E-state index contributed by atoms with van der Waals surface area (Å²) in [5, 5.41) is 0. The smallest absolute Gasteiger partial charge is 0.338 e. The molecule has 0 N–H and O–H groups in total. The number of fused-ring (bicyclic) bond motifs is 3. The molecule has 0 amide bonds. The molecule has 3 heteroatoms. The highest BCUT2D eigenvalue weighted by Crippen LogP contribution is 2.34. The lowest BCUT2D eigenvalue weighted by Gasteiger charge is -2.49. The first kappa shape index (κ1) is 11.7. The summed E-state index contributed by atoms with van der Waals surface area (Å²) in [7, 11) is 2.28. The average molecular weight is 246 g/mol. The van der Waals surface area contributed by atoms with Crippen LogP contribution in [0.25, 0.3) is 0 Å². The Kier molecular flexibility index (Phi) is 2.86. The summed E-state index contributed by atoms with van der Waals surface area (Å²) in [5.41, 5.74) is 0.664. The summed E-state index contributed by atoms with van der Waals surface area (Å²) in [4.78, 5) is 12.1. The number of likely N-dealkylation sites (N-methyl/N-ethyl adjacent to an activating group) is 1. The topological polar surface area (TPSA) is 26.3 Å². The van der Waals surface area contributed by atoms with Crippen LogP contribution in [0.15, 0.2) is 30.3 Å². The van der Waals surface area contributed by atoms with Gasteiger partial charge in [0.15, 0.2) is 6.10 Å². The first-order valence-electron chi connectivity index (χ1n) is 6.76. The van der Waals surface area contributed by atoms with Crippen molar-refractivity contribution in [3.8, 4) is 0 Å². The van der Waals surface area contributed by atoms with Crippen LogP contribution in [0.5, 0.6) is 0 Å². The predicted octanol–water partition coefficient (Wildman–Crippen LogP) is 2.08. The fraction of sp³-hybridized carbons (Fsp3) is 0.533. The highest BCUT2D eigenvalue weighted by molar-refractivity contribution is 5.89. The van der Waals surface area contributed by atoms with Crippen molar-refractivity contribution in [3.05, 3.63) is 35.9 Å². The Morgan fingerprint density at radius 1 is 1.22 bits per heavy atom. The molecule has 3 nitrogen and oxygen atoms in total. The van der Waals surface area contributed by atoms with Crippen LogP contribution in [-0.4, -0.2) is 43.2 Å². The highest BCUT2D eigenvalue weighted by Gasteiger charge is 2.45. The van der Waals surface area contributed by atoms with Crippen LogP contribution in [-0.2, 0) is 4.74 Å². The quantitative estimate of drug-likeness (QED) is 0.590. The van der Waals surface area contributed by atoms with Crippen LogP contribution in [0.2, 0.25) is 0 Å². The van der Waals surface area contributed by atoms with Crippen molar-refractivity contribution in [1.82, 2.24) is 0 Å². The lowest BCUT2D eigenvalue weighted by molar-refractivity contribution is -0.928. The molecule has 18 heavy (non-hydrogen) atoms. The molecule has 0 spiro atoms. The van der Waals surface area contributed by atoms with Crippen molar-refractivity contribution in [3.63, 3.8) is 0 Å². The van der Waals surface area contributed by atoms with E-state index in [0.717, 1.165) is 11.0 Å². The van der Waals surface area contributed by atoms with Crippen molar-refractivity contribution in [2.24, 2.45) is 5.92 Å². The van der Waals surface area contributed by atoms with Crippen molar-refractivity contribution < 1.29 is 14.0 Å². The Balaban J connectivity index is 1.69. The molecule has 1 aromatic carbocycles. The van der Waals surface area contributed by atoms with Crippen LogP contribution in [0.4, 0.5) is 0 Å². The van der Waals surface area contributed by atoms with Gasteiger partial charge in [0.1, 0.15) is 6.54 Å². The second kappa shape index (κ2) is 4.39. The lowest BCUT2D eigenvalue weighted by Crippen LogP contribution is -2.62. The van der Waals surface area contributed by atoms with E-state index in [1.807, 2.05) is 30.3 Å². The van der Waals surface area contributed by atoms with Crippen molar-refractivity contribution in [2.75, 3.05) is 26.7 Å². The third-order valence-electron chi connectivity index (χ3n) is 4.49. The van der Waals surface area contributed by atoms with Gasteiger partial charge in [-0.15, -0.1) is 0 Å². The number of rotatable bonds is 2. The SMILES string of the molecule is C[N+]12CCC(CC1)C(OC(=O)c1ccccc1)C2. The fourth-order valence-corrected chi connectivity index (χ4v) is 3.26. The van der Waals surface area contributed by atoms with E-state index in [2.05, 4.69) is 7.05 Å². The minimum atomic E-state index is -0.166. The molecule has 3 aliphatic heterocycles. The number of carbonyl (C=O) groups excluding carboxylic acids is 1. The van der Waals surface area contributed by atoms with Crippen LogP contribution in [0, 0.1) is 5.92 Å². The van der Waals surface area contributed by atoms with Gasteiger partial charge in [-0.25, -0.2) is 4.79 Å². The average Bonchev–Trinajstić information content (AvgIpc) is 2.40. The zero-order valence-corrected chi connectivity index (χ0v) is 10.8. The zero-order valence-electron chi connectivity index (χ0n) is 10.8. The van der Waals surface area contributed by atoms with Gasteiger partial charge in [0.25, 0.3) is 0 Å². The molecule has 4 rings (SSSR count). The van der Waals surface area contributed by atoms with Crippen molar-refractivity contribution in [2.45, 2.75) is 18.9 Å². The van der Waals surface area contributed by atoms with E-state index < -0.39 is 0 Å². The number of piperidine rings is 3. The summed E-state index contributed by atoms with van der Waals surface area (Å²) in [5.74, 6) is 0.415. The molecule has 3 saturated heterocycles. The van der Waals surface area contributed by atoms with Crippen LogP contribution in [0.3, 0.4) is 0 Å². The molecule has 1 atom stereocenters. The Bertz CT molecular complexity index is 435. The largest absolute Gasteiger partial charge is 0.452 e. The van der Waals surface area contributed by atoms with Gasteiger partial charge in [0.05, 0.1) is 25.7 Å². The van der Waals surface area contributed by atoms with Crippen molar-refractivity contribution in [1.29, 1.82) is 0 Å². The second-order valence-electron chi connectivity index (χ2n) is 5.90. The van der Waals surface area contributed by atoms with Gasteiger partial charge < -0.3 is 9.22 Å². The van der Waals surface area contributed by atoms with Gasteiger partial charge in [-0.1, -0.05) is 18.2 Å². The van der Waals surface area contributed by atoms with Gasteiger partial charge in [-0.2, -0.15) is 0 Å². The number of hydrogen-bond donors (Lipinski definition) is 0. The predicted molar refractivity (Wildman–Crippen MR) is 69.2 cm³/mol. The first-order chi connectivity index (χ1) is 8.66. The van der Waals surface area contributed by atoms with Gasteiger partial charge in [0.2, 0.25) is 0 Å². The molecule has 0 radical (unpaired) electrons. The molecule has 2 bridgehead atoms. The summed E-state index contributed by atoms with van der Waals surface area (Å²) < 4.78 is 6.79. The highest BCUT2D eigenvalue weighted by atomic mass is 16.5. The Hall–Kier alpha value is -1.35. The van der Waals surface area contributed by atoms with E-state index in [9.17, 15) is 4.79 Å². The van der Waals surface area contributed by atoms with E-state index in [4.69, 9.17) is 4.74 Å². The maximum absolute atomic E-state index is 12.1. The molecular formula is C15H20NO2+. The summed E-state index contributed by atoms with van der Waals surface area (Å²) in [6, 6.07) is 9.30. The number of ether oxygens (including phenoxy) is 1. The molecule has 1 unspecified atom stereocenters. The molecule has 96 valence electrons. The number of carbonyl (C=O) groups is 1. The monoisotopic (exact) mass is 246 g/mol. The Labute approximate surface area is 108 Å². The molecule has 3 fully saturated rings. The minimum Gasteiger partial charge on any atom is -0.452 e. The third kappa shape index (κ3) is 2.15. The van der Waals surface area contributed by atoms with Crippen LogP contribution >= 0.6 is 0 Å². The normalized spacial score (nSPS) is 34.3. The van der Waals surface area contributed by atoms with Gasteiger partial charge in [-0.3, -0.25) is 0 Å². The van der Waals surface area contributed by atoms with Gasteiger partial charge in [0, 0.05) is 18.8 Å². The number of esters is 1. The van der Waals surface area contributed by atoms with E-state index >= 15 is 0 Å². The van der Waals surface area contributed by atoms with Crippen LogP contribution in [0.1, 0.15) is 23.2 Å². The summed E-state index contributed by atoms with van der Waals surface area (Å²) in [6.07, 6.45) is 2.51. The zero-order chi connectivity index (χ0) is 12.6. The lowest BCUT2D eigenvalue weighted by atomic mass is 9.84. The maximum Gasteiger partial charge on any atom is 0.338 e.